The normalized spacial score (nSPS) is 11.4. The first-order chi connectivity index (χ1) is 8.52. The second kappa shape index (κ2) is 14.3. The number of hydrogen-bond acceptors (Lipinski definition) is 4. The van der Waals surface area contributed by atoms with E-state index in [-0.39, 0.29) is 7.43 Å². The van der Waals surface area contributed by atoms with Crippen molar-refractivity contribution in [3.63, 3.8) is 0 Å². The number of nitrogens with zero attached hydrogens (tertiary/aromatic N) is 1. The van der Waals surface area contributed by atoms with E-state index in [1.165, 1.54) is 0 Å². The van der Waals surface area contributed by atoms with Crippen LogP contribution in [0.2, 0.25) is 0 Å². The quantitative estimate of drug-likeness (QED) is 0.554. The van der Waals surface area contributed by atoms with Gasteiger partial charge in [-0.05, 0) is 13.0 Å². The van der Waals surface area contributed by atoms with Crippen LogP contribution in [0, 0.1) is 5.92 Å². The summed E-state index contributed by atoms with van der Waals surface area (Å²) in [5.74, 6) is 0.715. The minimum absolute atomic E-state index is 0. The topological polar surface area (TPSA) is 33.7 Å². The molecular formula is C15H36N2O2. The number of nitrogens with one attached hydrogen (secondary N) is 1. The molecule has 0 aromatic carbocycles. The van der Waals surface area contributed by atoms with Gasteiger partial charge in [0.2, 0.25) is 0 Å². The van der Waals surface area contributed by atoms with Crippen molar-refractivity contribution in [2.45, 2.75) is 41.2 Å². The Kier molecular flexibility index (Phi) is 15.9. The van der Waals surface area contributed by atoms with Crippen molar-refractivity contribution in [2.24, 2.45) is 5.92 Å². The maximum absolute atomic E-state index is 5.53. The lowest BCUT2D eigenvalue weighted by atomic mass is 10.2. The fourth-order valence-electron chi connectivity index (χ4n) is 1.68. The zero-order chi connectivity index (χ0) is 13.8. The molecule has 0 atom stereocenters. The maximum Gasteiger partial charge on any atom is 0.0701 e. The van der Waals surface area contributed by atoms with Crippen LogP contribution in [-0.4, -0.2) is 64.1 Å². The van der Waals surface area contributed by atoms with E-state index in [4.69, 9.17) is 9.47 Å². The van der Waals surface area contributed by atoms with Gasteiger partial charge in [0, 0.05) is 25.7 Å². The standard InChI is InChI=1S/C14H32N2O2.CH4/c1-13(2)12-16(5)7-9-18-11-10-17-8-6-15-14(3)4;/h13-15H,6-12H2,1-5H3;1H4. The average Bonchev–Trinajstić information content (AvgIpc) is 2.25. The molecule has 0 radical (unpaired) electrons. The van der Waals surface area contributed by atoms with E-state index >= 15 is 0 Å². The highest BCUT2D eigenvalue weighted by Gasteiger charge is 2.00. The van der Waals surface area contributed by atoms with Crippen molar-refractivity contribution < 1.29 is 9.47 Å². The van der Waals surface area contributed by atoms with E-state index in [1.807, 2.05) is 0 Å². The number of ether oxygens (including phenoxy) is 2. The second-order valence-corrected chi connectivity index (χ2v) is 5.49. The van der Waals surface area contributed by atoms with Crippen LogP contribution in [0.25, 0.3) is 0 Å². The smallest absolute Gasteiger partial charge is 0.0701 e. The molecule has 0 spiro atoms. The summed E-state index contributed by atoms with van der Waals surface area (Å²) in [6, 6.07) is 0.529. The molecule has 4 heteroatoms. The minimum Gasteiger partial charge on any atom is -0.378 e. The van der Waals surface area contributed by atoms with Gasteiger partial charge in [0.15, 0.2) is 0 Å². The van der Waals surface area contributed by atoms with E-state index in [1.54, 1.807) is 0 Å². The summed E-state index contributed by atoms with van der Waals surface area (Å²) >= 11 is 0. The van der Waals surface area contributed by atoms with Crippen LogP contribution in [-0.2, 0) is 9.47 Å². The van der Waals surface area contributed by atoms with Crippen LogP contribution >= 0.6 is 0 Å². The molecule has 0 aliphatic carbocycles. The van der Waals surface area contributed by atoms with E-state index in [9.17, 15) is 0 Å². The van der Waals surface area contributed by atoms with Crippen LogP contribution in [0.15, 0.2) is 0 Å². The molecule has 0 rings (SSSR count). The molecule has 0 bridgehead atoms. The molecule has 0 aliphatic rings. The zero-order valence-corrected chi connectivity index (χ0v) is 12.9. The molecule has 0 saturated carbocycles. The predicted octanol–water partition coefficient (Wildman–Crippen LogP) is 2.24. The molecule has 0 fully saturated rings. The molecule has 0 aromatic heterocycles. The van der Waals surface area contributed by atoms with Gasteiger partial charge < -0.3 is 19.7 Å². The monoisotopic (exact) mass is 276 g/mol. The first kappa shape index (κ1) is 21.1. The SMILES string of the molecule is C.CC(C)CN(C)CCOCCOCCNC(C)C. The van der Waals surface area contributed by atoms with Gasteiger partial charge in [0.05, 0.1) is 26.4 Å². The molecular weight excluding hydrogens is 240 g/mol. The van der Waals surface area contributed by atoms with Crippen LogP contribution in [0.1, 0.15) is 35.1 Å². The van der Waals surface area contributed by atoms with Gasteiger partial charge in [0.25, 0.3) is 0 Å². The van der Waals surface area contributed by atoms with Gasteiger partial charge in [0.1, 0.15) is 0 Å². The lowest BCUT2D eigenvalue weighted by Crippen LogP contribution is -2.28. The zero-order valence-electron chi connectivity index (χ0n) is 12.9. The Labute approximate surface area is 120 Å². The van der Waals surface area contributed by atoms with Crippen molar-refractivity contribution >= 4 is 0 Å². The van der Waals surface area contributed by atoms with Gasteiger partial charge in [-0.15, -0.1) is 0 Å². The van der Waals surface area contributed by atoms with Crippen molar-refractivity contribution in [2.75, 3.05) is 53.1 Å². The third-order valence-corrected chi connectivity index (χ3v) is 2.47. The van der Waals surface area contributed by atoms with Gasteiger partial charge in [-0.1, -0.05) is 35.1 Å². The highest BCUT2D eigenvalue weighted by molar-refractivity contribution is 4.54. The maximum atomic E-state index is 5.53. The Morgan fingerprint density at radius 3 is 2.05 bits per heavy atom. The summed E-state index contributed by atoms with van der Waals surface area (Å²) in [5.41, 5.74) is 0. The highest BCUT2D eigenvalue weighted by Crippen LogP contribution is 1.94. The largest absolute Gasteiger partial charge is 0.378 e. The lowest BCUT2D eigenvalue weighted by Gasteiger charge is -2.18. The molecule has 4 nitrogen and oxygen atoms in total. The third-order valence-electron chi connectivity index (χ3n) is 2.47. The molecule has 0 aromatic rings. The number of hydrogen-bond donors (Lipinski definition) is 1. The van der Waals surface area contributed by atoms with E-state index < -0.39 is 0 Å². The summed E-state index contributed by atoms with van der Waals surface area (Å²) in [6.45, 7) is 14.7. The second-order valence-electron chi connectivity index (χ2n) is 5.49. The molecule has 0 aliphatic heterocycles. The summed E-state index contributed by atoms with van der Waals surface area (Å²) in [4.78, 5) is 2.30. The molecule has 0 saturated heterocycles. The summed E-state index contributed by atoms with van der Waals surface area (Å²) in [7, 11) is 2.14. The van der Waals surface area contributed by atoms with Gasteiger partial charge >= 0.3 is 0 Å². The molecule has 0 unspecified atom stereocenters. The lowest BCUT2D eigenvalue weighted by molar-refractivity contribution is 0.0407. The first-order valence-corrected chi connectivity index (χ1v) is 7.09. The van der Waals surface area contributed by atoms with Crippen LogP contribution in [0.4, 0.5) is 0 Å². The number of rotatable bonds is 12. The van der Waals surface area contributed by atoms with E-state index in [0.29, 0.717) is 25.2 Å². The van der Waals surface area contributed by atoms with Gasteiger partial charge in [-0.3, -0.25) is 0 Å². The first-order valence-electron chi connectivity index (χ1n) is 7.09. The van der Waals surface area contributed by atoms with Gasteiger partial charge in [-0.2, -0.15) is 0 Å². The van der Waals surface area contributed by atoms with Crippen molar-refractivity contribution in [3.8, 4) is 0 Å². The average molecular weight is 276 g/mol. The number of likely N-dealkylation sites (N-methyl/N-ethyl adjacent to an activating group) is 1. The molecule has 19 heavy (non-hydrogen) atoms. The fourth-order valence-corrected chi connectivity index (χ4v) is 1.68. The molecule has 1 N–H and O–H groups in total. The predicted molar refractivity (Wildman–Crippen MR) is 83.8 cm³/mol. The summed E-state index contributed by atoms with van der Waals surface area (Å²) in [5, 5.41) is 3.31. The Balaban J connectivity index is 0. The fraction of sp³-hybridized carbons (Fsp3) is 1.00. The Hall–Kier alpha value is -0.160. The van der Waals surface area contributed by atoms with Crippen LogP contribution < -0.4 is 5.32 Å². The van der Waals surface area contributed by atoms with Gasteiger partial charge in [-0.25, -0.2) is 0 Å². The van der Waals surface area contributed by atoms with E-state index in [2.05, 4.69) is 45.0 Å². The van der Waals surface area contributed by atoms with Crippen LogP contribution in [0.5, 0.6) is 0 Å². The minimum atomic E-state index is 0. The van der Waals surface area contributed by atoms with Crippen molar-refractivity contribution in [1.82, 2.24) is 10.2 Å². The van der Waals surface area contributed by atoms with E-state index in [0.717, 1.165) is 32.8 Å². The Bertz CT molecular complexity index is 176. The Morgan fingerprint density at radius 2 is 1.53 bits per heavy atom. The third kappa shape index (κ3) is 17.8. The van der Waals surface area contributed by atoms with Crippen molar-refractivity contribution in [3.05, 3.63) is 0 Å². The summed E-state index contributed by atoms with van der Waals surface area (Å²) in [6.07, 6.45) is 0. The van der Waals surface area contributed by atoms with Crippen molar-refractivity contribution in [1.29, 1.82) is 0 Å². The molecule has 0 amide bonds. The highest BCUT2D eigenvalue weighted by atomic mass is 16.5. The molecule has 0 heterocycles. The summed E-state index contributed by atoms with van der Waals surface area (Å²) < 4.78 is 11.0. The van der Waals surface area contributed by atoms with Crippen LogP contribution in [0.3, 0.4) is 0 Å². The molecule has 118 valence electrons. The Morgan fingerprint density at radius 1 is 0.947 bits per heavy atom.